The minimum absolute atomic E-state index is 0.0643. The summed E-state index contributed by atoms with van der Waals surface area (Å²) in [6.45, 7) is 0. The summed E-state index contributed by atoms with van der Waals surface area (Å²) in [7, 11) is 0. The van der Waals surface area contributed by atoms with E-state index in [1.807, 2.05) is 12.1 Å². The third-order valence-corrected chi connectivity index (χ3v) is 5.27. The molecule has 1 N–H and O–H groups in total. The Morgan fingerprint density at radius 2 is 1.96 bits per heavy atom. The normalized spacial score (nSPS) is 17.2. The number of rotatable bonds is 4. The van der Waals surface area contributed by atoms with E-state index < -0.39 is 11.7 Å². The number of nitrogens with one attached hydrogen (secondary N) is 1. The Morgan fingerprint density at radius 3 is 2.64 bits per heavy atom. The molecule has 25 heavy (non-hydrogen) atoms. The molecule has 0 fully saturated rings. The lowest BCUT2D eigenvalue weighted by Crippen LogP contribution is -2.31. The molecule has 3 nitrogen and oxygen atoms in total. The van der Waals surface area contributed by atoms with Crippen LogP contribution >= 0.6 is 23.4 Å². The van der Waals surface area contributed by atoms with Crippen LogP contribution < -0.4 is 5.32 Å². The Kier molecular flexibility index (Phi) is 5.42. The molecule has 2 aromatic carbocycles. The fourth-order valence-electron chi connectivity index (χ4n) is 2.69. The molecule has 0 bridgehead atoms. The lowest BCUT2D eigenvalue weighted by Gasteiger charge is -2.25. The number of carbonyl (C=O) groups is 1. The lowest BCUT2D eigenvalue weighted by molar-refractivity contribution is -0.120. The van der Waals surface area contributed by atoms with E-state index in [1.165, 1.54) is 17.8 Å². The van der Waals surface area contributed by atoms with Crippen LogP contribution in [-0.2, 0) is 10.5 Å². The fourth-order valence-corrected chi connectivity index (χ4v) is 3.85. The van der Waals surface area contributed by atoms with Crippen LogP contribution in [0, 0.1) is 17.1 Å². The number of hydrogen-bond donors (Lipinski definition) is 1. The summed E-state index contributed by atoms with van der Waals surface area (Å²) in [4.78, 5) is 12.1. The molecule has 1 aliphatic rings. The molecular formula is C19H14ClFN2OS. The van der Waals surface area contributed by atoms with Crippen molar-refractivity contribution in [3.05, 3.63) is 81.1 Å². The number of hydrogen-bond acceptors (Lipinski definition) is 3. The van der Waals surface area contributed by atoms with Crippen molar-refractivity contribution in [3.63, 3.8) is 0 Å². The number of halogens is 2. The zero-order valence-electron chi connectivity index (χ0n) is 13.1. The molecule has 1 amide bonds. The van der Waals surface area contributed by atoms with Gasteiger partial charge in [0, 0.05) is 23.1 Å². The van der Waals surface area contributed by atoms with Gasteiger partial charge in [-0.25, -0.2) is 4.39 Å². The van der Waals surface area contributed by atoms with Crippen LogP contribution in [0.1, 0.15) is 23.5 Å². The van der Waals surface area contributed by atoms with Gasteiger partial charge in [0.15, 0.2) is 0 Å². The van der Waals surface area contributed by atoms with E-state index in [4.69, 9.17) is 11.6 Å². The lowest BCUT2D eigenvalue weighted by atomic mass is 9.87. The SMILES string of the molecule is N#CC1=C(SCc2ccc(Cl)cc2)NC(=O)C[C@H]1c1ccccc1F. The maximum Gasteiger partial charge on any atom is 0.225 e. The van der Waals surface area contributed by atoms with Crippen molar-refractivity contribution in [1.82, 2.24) is 5.32 Å². The Bertz CT molecular complexity index is 874. The fraction of sp³-hybridized carbons (Fsp3) is 0.158. The predicted molar refractivity (Wildman–Crippen MR) is 97.3 cm³/mol. The van der Waals surface area contributed by atoms with Crippen LogP contribution in [0.15, 0.2) is 59.1 Å². The van der Waals surface area contributed by atoms with E-state index in [0.717, 1.165) is 5.56 Å². The second-order valence-electron chi connectivity index (χ2n) is 5.60. The van der Waals surface area contributed by atoms with Crippen molar-refractivity contribution in [2.75, 3.05) is 0 Å². The molecule has 126 valence electrons. The van der Waals surface area contributed by atoms with Gasteiger partial charge in [-0.15, -0.1) is 11.8 Å². The summed E-state index contributed by atoms with van der Waals surface area (Å²) in [5.74, 6) is -0.613. The van der Waals surface area contributed by atoms with Gasteiger partial charge in [-0.05, 0) is 29.3 Å². The summed E-state index contributed by atoms with van der Waals surface area (Å²) < 4.78 is 14.1. The summed E-state index contributed by atoms with van der Waals surface area (Å²) in [6, 6.07) is 15.8. The van der Waals surface area contributed by atoms with Gasteiger partial charge < -0.3 is 5.32 Å². The first-order valence-electron chi connectivity index (χ1n) is 7.64. The third kappa shape index (κ3) is 4.04. The van der Waals surface area contributed by atoms with E-state index >= 15 is 0 Å². The highest BCUT2D eigenvalue weighted by Crippen LogP contribution is 2.37. The molecule has 0 saturated heterocycles. The third-order valence-electron chi connectivity index (χ3n) is 3.93. The van der Waals surface area contributed by atoms with Gasteiger partial charge in [0.25, 0.3) is 0 Å². The summed E-state index contributed by atoms with van der Waals surface area (Å²) in [6.07, 6.45) is 0.0643. The number of thioether (sulfide) groups is 1. The quantitative estimate of drug-likeness (QED) is 0.842. The molecule has 1 atom stereocenters. The van der Waals surface area contributed by atoms with E-state index in [2.05, 4.69) is 11.4 Å². The molecule has 0 aliphatic carbocycles. The standard InChI is InChI=1S/C19H14ClFN2OS/c20-13-7-5-12(6-8-13)11-25-19-16(10-22)15(9-18(24)23-19)14-3-1-2-4-17(14)21/h1-8,15H,9,11H2,(H,23,24)/t15-/m0/s1. The maximum atomic E-state index is 14.1. The highest BCUT2D eigenvalue weighted by molar-refractivity contribution is 8.02. The average Bonchev–Trinajstić information content (AvgIpc) is 2.61. The Morgan fingerprint density at radius 1 is 1.24 bits per heavy atom. The van der Waals surface area contributed by atoms with Crippen LogP contribution in [0.2, 0.25) is 5.02 Å². The second-order valence-corrected chi connectivity index (χ2v) is 7.02. The molecule has 0 radical (unpaired) electrons. The van der Waals surface area contributed by atoms with E-state index in [1.54, 1.807) is 30.3 Å². The van der Waals surface area contributed by atoms with E-state index in [0.29, 0.717) is 26.9 Å². The minimum atomic E-state index is -0.562. The van der Waals surface area contributed by atoms with Gasteiger partial charge in [0.1, 0.15) is 5.82 Å². The molecule has 2 aromatic rings. The van der Waals surface area contributed by atoms with Crippen LogP contribution in [0.5, 0.6) is 0 Å². The molecule has 0 spiro atoms. The van der Waals surface area contributed by atoms with Gasteiger partial charge in [-0.1, -0.05) is 41.9 Å². The summed E-state index contributed by atoms with van der Waals surface area (Å²) >= 11 is 7.23. The van der Waals surface area contributed by atoms with Gasteiger partial charge in [-0.3, -0.25) is 4.79 Å². The van der Waals surface area contributed by atoms with Crippen LogP contribution in [0.25, 0.3) is 0 Å². The highest BCUT2D eigenvalue weighted by atomic mass is 35.5. The van der Waals surface area contributed by atoms with Gasteiger partial charge in [0.2, 0.25) is 5.91 Å². The topological polar surface area (TPSA) is 52.9 Å². The smallest absolute Gasteiger partial charge is 0.225 e. The zero-order chi connectivity index (χ0) is 17.8. The predicted octanol–water partition coefficient (Wildman–Crippen LogP) is 4.75. The molecule has 6 heteroatoms. The van der Waals surface area contributed by atoms with Crippen molar-refractivity contribution in [2.24, 2.45) is 0 Å². The van der Waals surface area contributed by atoms with Gasteiger partial charge in [-0.2, -0.15) is 5.26 Å². The molecule has 1 heterocycles. The first kappa shape index (κ1) is 17.5. The number of benzene rings is 2. The monoisotopic (exact) mass is 372 g/mol. The largest absolute Gasteiger partial charge is 0.320 e. The Labute approximate surface area is 154 Å². The Hall–Kier alpha value is -2.29. The van der Waals surface area contributed by atoms with Gasteiger partial charge in [0.05, 0.1) is 16.7 Å². The van der Waals surface area contributed by atoms with E-state index in [-0.39, 0.29) is 12.3 Å². The van der Waals surface area contributed by atoms with Crippen LogP contribution in [0.4, 0.5) is 4.39 Å². The van der Waals surface area contributed by atoms with E-state index in [9.17, 15) is 14.4 Å². The molecule has 3 rings (SSSR count). The number of nitrogens with zero attached hydrogens (tertiary/aromatic N) is 1. The van der Waals surface area contributed by atoms with Crippen molar-refractivity contribution in [1.29, 1.82) is 5.26 Å². The van der Waals surface area contributed by atoms with Crippen molar-refractivity contribution in [3.8, 4) is 6.07 Å². The molecule has 0 unspecified atom stereocenters. The number of allylic oxidation sites excluding steroid dienone is 1. The molecule has 1 aliphatic heterocycles. The van der Waals surface area contributed by atoms with Crippen molar-refractivity contribution < 1.29 is 9.18 Å². The number of nitriles is 1. The summed E-state index contributed by atoms with van der Waals surface area (Å²) in [5.41, 5.74) is 1.78. The van der Waals surface area contributed by atoms with Crippen LogP contribution in [-0.4, -0.2) is 5.91 Å². The first-order valence-corrected chi connectivity index (χ1v) is 9.00. The number of carbonyl (C=O) groups excluding carboxylic acids is 1. The average molecular weight is 373 g/mol. The van der Waals surface area contributed by atoms with Crippen molar-refractivity contribution in [2.45, 2.75) is 18.1 Å². The Balaban J connectivity index is 1.89. The maximum absolute atomic E-state index is 14.1. The van der Waals surface area contributed by atoms with Gasteiger partial charge >= 0.3 is 0 Å². The molecular weight excluding hydrogens is 359 g/mol. The number of amides is 1. The first-order chi connectivity index (χ1) is 12.1. The zero-order valence-corrected chi connectivity index (χ0v) is 14.7. The second kappa shape index (κ2) is 7.73. The summed E-state index contributed by atoms with van der Waals surface area (Å²) in [5, 5.41) is 13.5. The molecule has 0 aromatic heterocycles. The molecule has 0 saturated carbocycles. The minimum Gasteiger partial charge on any atom is -0.320 e. The highest BCUT2D eigenvalue weighted by Gasteiger charge is 2.31. The van der Waals surface area contributed by atoms with Crippen LogP contribution in [0.3, 0.4) is 0 Å². The van der Waals surface area contributed by atoms with Crippen molar-refractivity contribution >= 4 is 29.3 Å².